The van der Waals surface area contributed by atoms with Crippen LogP contribution in [0, 0.1) is 5.82 Å². The average Bonchev–Trinajstić information content (AvgIpc) is 2.74. The summed E-state index contributed by atoms with van der Waals surface area (Å²) in [5.41, 5.74) is 5.98. The lowest BCUT2D eigenvalue weighted by Gasteiger charge is -2.13. The molecule has 0 saturated heterocycles. The summed E-state index contributed by atoms with van der Waals surface area (Å²) in [7, 11) is 2.76. The molecule has 2 aromatic rings. The van der Waals surface area contributed by atoms with Gasteiger partial charge in [0.05, 0.1) is 19.8 Å². The van der Waals surface area contributed by atoms with Crippen LogP contribution < -0.4 is 15.2 Å². The van der Waals surface area contributed by atoms with E-state index in [4.69, 9.17) is 19.7 Å². The molecule has 7 heteroatoms. The fraction of sp³-hybridized carbons (Fsp3) is 0.182. The van der Waals surface area contributed by atoms with Crippen molar-refractivity contribution in [2.24, 2.45) is 0 Å². The van der Waals surface area contributed by atoms with E-state index >= 15 is 0 Å². The van der Waals surface area contributed by atoms with Gasteiger partial charge in [0.2, 0.25) is 0 Å². The zero-order valence-corrected chi connectivity index (χ0v) is 11.2. The third-order valence-corrected chi connectivity index (χ3v) is 2.95. The van der Waals surface area contributed by atoms with Gasteiger partial charge in [0, 0.05) is 10.5 Å². The molecule has 0 spiro atoms. The second-order valence-corrected chi connectivity index (χ2v) is 4.25. The third kappa shape index (κ3) is 2.01. The fourth-order valence-electron chi connectivity index (χ4n) is 1.60. The summed E-state index contributed by atoms with van der Waals surface area (Å²) in [5, 5.41) is 3.58. The van der Waals surface area contributed by atoms with Gasteiger partial charge in [0.1, 0.15) is 0 Å². The lowest BCUT2D eigenvalue weighted by molar-refractivity contribution is 0.336. The van der Waals surface area contributed by atoms with Crippen molar-refractivity contribution in [3.8, 4) is 22.8 Å². The van der Waals surface area contributed by atoms with Crippen LogP contribution in [-0.2, 0) is 0 Å². The number of aromatic nitrogens is 1. The second-order valence-electron chi connectivity index (χ2n) is 3.40. The average molecular weight is 317 g/mol. The largest absolute Gasteiger partial charge is 0.492 e. The first kappa shape index (κ1) is 12.7. The van der Waals surface area contributed by atoms with Crippen LogP contribution in [-0.4, -0.2) is 19.4 Å². The Balaban J connectivity index is 2.73. The number of nitrogens with zero attached hydrogens (tertiary/aromatic N) is 1. The predicted octanol–water partition coefficient (Wildman–Crippen LogP) is 2.84. The Labute approximate surface area is 111 Å². The van der Waals surface area contributed by atoms with E-state index in [1.54, 1.807) is 0 Å². The summed E-state index contributed by atoms with van der Waals surface area (Å²) in [4.78, 5) is 0. The van der Waals surface area contributed by atoms with Crippen molar-refractivity contribution in [1.29, 1.82) is 0 Å². The minimum atomic E-state index is -0.544. The standard InChI is InChI=1S/C11H10BrFN2O3/c1-16-10-6(13)3-5(12)9(11(10)17-2)7-4-8(14)15-18-7/h3-4H,1-2H3,(H2,14,15). The van der Waals surface area contributed by atoms with Crippen molar-refractivity contribution in [2.75, 3.05) is 20.0 Å². The highest BCUT2D eigenvalue weighted by atomic mass is 79.9. The lowest BCUT2D eigenvalue weighted by Crippen LogP contribution is -1.97. The van der Waals surface area contributed by atoms with Crippen molar-refractivity contribution >= 4 is 21.7 Å². The highest BCUT2D eigenvalue weighted by Gasteiger charge is 2.22. The van der Waals surface area contributed by atoms with Gasteiger partial charge in [-0.25, -0.2) is 4.39 Å². The number of hydrogen-bond donors (Lipinski definition) is 1. The van der Waals surface area contributed by atoms with Gasteiger partial charge in [-0.2, -0.15) is 0 Å². The molecule has 0 amide bonds. The molecule has 0 fully saturated rings. The monoisotopic (exact) mass is 316 g/mol. The molecule has 0 aliphatic rings. The lowest BCUT2D eigenvalue weighted by atomic mass is 10.1. The maximum atomic E-state index is 13.7. The molecule has 2 N–H and O–H groups in total. The van der Waals surface area contributed by atoms with E-state index in [-0.39, 0.29) is 17.3 Å². The molecule has 1 aromatic carbocycles. The van der Waals surface area contributed by atoms with Gasteiger partial charge in [-0.15, -0.1) is 0 Å². The number of anilines is 1. The normalized spacial score (nSPS) is 10.4. The highest BCUT2D eigenvalue weighted by molar-refractivity contribution is 9.10. The molecule has 0 aliphatic carbocycles. The summed E-state index contributed by atoms with van der Waals surface area (Å²) in [6.07, 6.45) is 0. The molecule has 0 radical (unpaired) electrons. The summed E-state index contributed by atoms with van der Waals surface area (Å²) in [6.45, 7) is 0. The van der Waals surface area contributed by atoms with Crippen LogP contribution in [0.2, 0.25) is 0 Å². The number of rotatable bonds is 3. The Morgan fingerprint density at radius 2 is 1.94 bits per heavy atom. The SMILES string of the molecule is COc1c(F)cc(Br)c(-c2cc(N)no2)c1OC. The van der Waals surface area contributed by atoms with Crippen LogP contribution in [0.4, 0.5) is 10.2 Å². The van der Waals surface area contributed by atoms with E-state index in [1.807, 2.05) is 0 Å². The molecule has 2 rings (SSSR count). The van der Waals surface area contributed by atoms with Gasteiger partial charge in [0.25, 0.3) is 0 Å². The summed E-state index contributed by atoms with van der Waals surface area (Å²) in [5.74, 6) is 0.237. The number of nitrogen functional groups attached to an aromatic ring is 1. The molecule has 1 aromatic heterocycles. The molecule has 0 unspecified atom stereocenters. The molecular weight excluding hydrogens is 307 g/mol. The molecule has 0 aliphatic heterocycles. The molecule has 0 saturated carbocycles. The van der Waals surface area contributed by atoms with Crippen molar-refractivity contribution in [2.45, 2.75) is 0 Å². The predicted molar refractivity (Wildman–Crippen MR) is 67.1 cm³/mol. The first-order valence-electron chi connectivity index (χ1n) is 4.91. The number of hydrogen-bond acceptors (Lipinski definition) is 5. The van der Waals surface area contributed by atoms with Gasteiger partial charge in [0.15, 0.2) is 28.9 Å². The van der Waals surface area contributed by atoms with Crippen LogP contribution in [0.15, 0.2) is 21.1 Å². The third-order valence-electron chi connectivity index (χ3n) is 2.33. The summed E-state index contributed by atoms with van der Waals surface area (Å²) in [6, 6.07) is 2.77. The van der Waals surface area contributed by atoms with E-state index < -0.39 is 5.82 Å². The highest BCUT2D eigenvalue weighted by Crippen LogP contribution is 2.44. The van der Waals surface area contributed by atoms with Crippen molar-refractivity contribution in [3.05, 3.63) is 22.4 Å². The van der Waals surface area contributed by atoms with E-state index in [1.165, 1.54) is 26.4 Å². The Bertz CT molecular complexity index is 586. The van der Waals surface area contributed by atoms with Gasteiger partial charge < -0.3 is 19.7 Å². The van der Waals surface area contributed by atoms with Crippen molar-refractivity contribution in [1.82, 2.24) is 5.16 Å². The van der Waals surface area contributed by atoms with Gasteiger partial charge in [-0.05, 0) is 22.0 Å². The van der Waals surface area contributed by atoms with Crippen LogP contribution in [0.3, 0.4) is 0 Å². The number of ether oxygens (including phenoxy) is 2. The second kappa shape index (κ2) is 4.85. The molecule has 5 nitrogen and oxygen atoms in total. The Kier molecular flexibility index (Phi) is 3.42. The van der Waals surface area contributed by atoms with E-state index in [2.05, 4.69) is 21.1 Å². The minimum Gasteiger partial charge on any atom is -0.492 e. The van der Waals surface area contributed by atoms with Crippen LogP contribution in [0.5, 0.6) is 11.5 Å². The summed E-state index contributed by atoms with van der Waals surface area (Å²) >= 11 is 3.24. The molecule has 1 heterocycles. The zero-order chi connectivity index (χ0) is 13.3. The van der Waals surface area contributed by atoms with E-state index in [9.17, 15) is 4.39 Å². The maximum absolute atomic E-state index is 13.7. The van der Waals surface area contributed by atoms with Crippen LogP contribution in [0.1, 0.15) is 0 Å². The van der Waals surface area contributed by atoms with Crippen molar-refractivity contribution < 1.29 is 18.4 Å². The Hall–Kier alpha value is -1.76. The maximum Gasteiger partial charge on any atom is 0.197 e. The first-order chi connectivity index (χ1) is 8.58. The Morgan fingerprint density at radius 3 is 2.44 bits per heavy atom. The quantitative estimate of drug-likeness (QED) is 0.942. The number of halogens is 2. The van der Waals surface area contributed by atoms with Gasteiger partial charge >= 0.3 is 0 Å². The minimum absolute atomic E-state index is 0.00864. The number of methoxy groups -OCH3 is 2. The first-order valence-corrected chi connectivity index (χ1v) is 5.70. The molecule has 0 atom stereocenters. The number of benzene rings is 1. The van der Waals surface area contributed by atoms with E-state index in [0.717, 1.165) is 0 Å². The van der Waals surface area contributed by atoms with Gasteiger partial charge in [-0.3, -0.25) is 0 Å². The zero-order valence-electron chi connectivity index (χ0n) is 9.66. The van der Waals surface area contributed by atoms with Crippen LogP contribution in [0.25, 0.3) is 11.3 Å². The van der Waals surface area contributed by atoms with Crippen LogP contribution >= 0.6 is 15.9 Å². The smallest absolute Gasteiger partial charge is 0.197 e. The molecule has 0 bridgehead atoms. The topological polar surface area (TPSA) is 70.5 Å². The van der Waals surface area contributed by atoms with E-state index in [0.29, 0.717) is 15.8 Å². The fourth-order valence-corrected chi connectivity index (χ4v) is 2.18. The van der Waals surface area contributed by atoms with Crippen molar-refractivity contribution in [3.63, 3.8) is 0 Å². The molecule has 18 heavy (non-hydrogen) atoms. The number of nitrogens with two attached hydrogens (primary N) is 1. The molecule has 96 valence electrons. The Morgan fingerprint density at radius 1 is 1.28 bits per heavy atom. The molecular formula is C11H10BrFN2O3. The van der Waals surface area contributed by atoms with Gasteiger partial charge in [-0.1, -0.05) is 5.16 Å². The summed E-state index contributed by atoms with van der Waals surface area (Å²) < 4.78 is 29.3.